The lowest BCUT2D eigenvalue weighted by molar-refractivity contribution is 0.0303. The molecule has 0 aliphatic carbocycles. The molecular weight excluding hydrogens is 414 g/mol. The van der Waals surface area contributed by atoms with E-state index in [0.717, 1.165) is 48.6 Å². The lowest BCUT2D eigenvalue weighted by atomic mass is 10.1. The van der Waals surface area contributed by atoms with Gasteiger partial charge in [0.15, 0.2) is 0 Å². The molecule has 5 rings (SSSR count). The fourth-order valence-corrected chi connectivity index (χ4v) is 4.46. The van der Waals surface area contributed by atoms with E-state index in [2.05, 4.69) is 19.8 Å². The molecule has 0 saturated carbocycles. The van der Waals surface area contributed by atoms with Gasteiger partial charge in [-0.15, -0.1) is 0 Å². The number of amides is 1. The largest absolute Gasteiger partial charge is 0.378 e. The predicted molar refractivity (Wildman–Crippen MR) is 122 cm³/mol. The number of carbonyl (C=O) groups is 1. The van der Waals surface area contributed by atoms with Crippen LogP contribution in [0.3, 0.4) is 0 Å². The zero-order valence-corrected chi connectivity index (χ0v) is 18.0. The molecule has 2 aliphatic heterocycles. The number of carbonyl (C=O) groups excluding carboxylic acids is 1. The van der Waals surface area contributed by atoms with E-state index in [-0.39, 0.29) is 5.91 Å². The Morgan fingerprint density at radius 3 is 2.45 bits per heavy atom. The molecule has 0 atom stereocenters. The summed E-state index contributed by atoms with van der Waals surface area (Å²) >= 11 is 6.34. The first kappa shape index (κ1) is 20.0. The maximum atomic E-state index is 13.4. The fraction of sp³-hybridized carbons (Fsp3) is 0.348. The molecule has 4 heterocycles. The number of benzene rings is 1. The van der Waals surface area contributed by atoms with Gasteiger partial charge >= 0.3 is 0 Å². The van der Waals surface area contributed by atoms with Crippen LogP contribution in [0.25, 0.3) is 10.9 Å². The van der Waals surface area contributed by atoms with Crippen molar-refractivity contribution < 1.29 is 9.53 Å². The average molecular weight is 438 g/mol. The van der Waals surface area contributed by atoms with Crippen LogP contribution >= 0.6 is 11.6 Å². The number of anilines is 2. The molecule has 2 aromatic heterocycles. The van der Waals surface area contributed by atoms with Gasteiger partial charge in [-0.25, -0.2) is 4.98 Å². The first-order valence-corrected chi connectivity index (χ1v) is 10.9. The van der Waals surface area contributed by atoms with Crippen molar-refractivity contribution in [3.05, 3.63) is 59.4 Å². The first-order chi connectivity index (χ1) is 15.2. The smallest absolute Gasteiger partial charge is 0.257 e. The fourth-order valence-electron chi connectivity index (χ4n) is 4.28. The predicted octanol–water partition coefficient (Wildman–Crippen LogP) is 3.08. The zero-order chi connectivity index (χ0) is 21.2. The number of pyridine rings is 2. The number of piperazine rings is 1. The molecule has 0 bridgehead atoms. The second-order valence-electron chi connectivity index (χ2n) is 7.75. The molecule has 0 spiro atoms. The minimum Gasteiger partial charge on any atom is -0.378 e. The summed E-state index contributed by atoms with van der Waals surface area (Å²) in [6.45, 7) is 5.54. The van der Waals surface area contributed by atoms with Gasteiger partial charge in [0.25, 0.3) is 5.91 Å². The third kappa shape index (κ3) is 4.03. The monoisotopic (exact) mass is 437 g/mol. The van der Waals surface area contributed by atoms with E-state index in [9.17, 15) is 4.79 Å². The third-order valence-electron chi connectivity index (χ3n) is 5.90. The van der Waals surface area contributed by atoms with Gasteiger partial charge in [-0.05, 0) is 30.3 Å². The van der Waals surface area contributed by atoms with Crippen LogP contribution in [0, 0.1) is 0 Å². The molecule has 31 heavy (non-hydrogen) atoms. The Balaban J connectivity index is 1.50. The van der Waals surface area contributed by atoms with Crippen molar-refractivity contribution in [2.75, 3.05) is 62.3 Å². The number of fused-ring (bicyclic) bond motifs is 1. The molecule has 7 nitrogen and oxygen atoms in total. The van der Waals surface area contributed by atoms with Gasteiger partial charge in [0.2, 0.25) is 0 Å². The maximum Gasteiger partial charge on any atom is 0.257 e. The second kappa shape index (κ2) is 8.69. The zero-order valence-electron chi connectivity index (χ0n) is 17.2. The van der Waals surface area contributed by atoms with Crippen LogP contribution in [0.4, 0.5) is 11.5 Å². The van der Waals surface area contributed by atoms with Gasteiger partial charge in [-0.3, -0.25) is 9.78 Å². The normalized spacial score (nSPS) is 17.3. The first-order valence-electron chi connectivity index (χ1n) is 10.6. The summed E-state index contributed by atoms with van der Waals surface area (Å²) in [5, 5.41) is 1.55. The van der Waals surface area contributed by atoms with Crippen LogP contribution in [0.15, 0.2) is 48.8 Å². The van der Waals surface area contributed by atoms with Crippen molar-refractivity contribution >= 4 is 39.9 Å². The average Bonchev–Trinajstić information content (AvgIpc) is 2.84. The van der Waals surface area contributed by atoms with E-state index >= 15 is 0 Å². The Bertz CT molecular complexity index is 1080. The summed E-state index contributed by atoms with van der Waals surface area (Å²) in [5.41, 5.74) is 2.39. The number of aromatic nitrogens is 2. The second-order valence-corrected chi connectivity index (χ2v) is 8.18. The number of hydrogen-bond acceptors (Lipinski definition) is 6. The molecular formula is C23H24ClN5O2. The summed E-state index contributed by atoms with van der Waals surface area (Å²) < 4.78 is 5.42. The van der Waals surface area contributed by atoms with Crippen LogP contribution in [0.5, 0.6) is 0 Å². The highest BCUT2D eigenvalue weighted by atomic mass is 35.5. The van der Waals surface area contributed by atoms with Gasteiger partial charge in [-0.1, -0.05) is 17.7 Å². The van der Waals surface area contributed by atoms with Gasteiger partial charge < -0.3 is 19.4 Å². The van der Waals surface area contributed by atoms with Crippen molar-refractivity contribution in [1.29, 1.82) is 0 Å². The Morgan fingerprint density at radius 1 is 0.935 bits per heavy atom. The summed E-state index contributed by atoms with van der Waals surface area (Å²) in [5.74, 6) is 0.981. The SMILES string of the molecule is O=C(c1cnc2ccc(Cl)cc2c1N1CCN(c2ccccn2)CC1)N1CCOCC1. The lowest BCUT2D eigenvalue weighted by Crippen LogP contribution is -2.48. The molecule has 8 heteroatoms. The molecule has 0 unspecified atom stereocenters. The van der Waals surface area contributed by atoms with Gasteiger partial charge in [0.05, 0.1) is 30.0 Å². The van der Waals surface area contributed by atoms with Crippen molar-refractivity contribution in [3.63, 3.8) is 0 Å². The van der Waals surface area contributed by atoms with E-state index in [1.807, 2.05) is 47.5 Å². The minimum absolute atomic E-state index is 0.000156. The van der Waals surface area contributed by atoms with Crippen molar-refractivity contribution in [3.8, 4) is 0 Å². The van der Waals surface area contributed by atoms with Crippen molar-refractivity contribution in [2.45, 2.75) is 0 Å². The molecule has 1 amide bonds. The Hall–Kier alpha value is -2.90. The highest BCUT2D eigenvalue weighted by molar-refractivity contribution is 6.31. The number of morpholine rings is 1. The van der Waals surface area contributed by atoms with Crippen LogP contribution in [0.1, 0.15) is 10.4 Å². The van der Waals surface area contributed by atoms with Crippen molar-refractivity contribution in [1.82, 2.24) is 14.9 Å². The molecule has 160 valence electrons. The van der Waals surface area contributed by atoms with Crippen LogP contribution < -0.4 is 9.80 Å². The highest BCUT2D eigenvalue weighted by Crippen LogP contribution is 2.33. The van der Waals surface area contributed by atoms with Crippen LogP contribution in [-0.2, 0) is 4.74 Å². The number of halogens is 1. The molecule has 2 aliphatic rings. The quantitative estimate of drug-likeness (QED) is 0.627. The van der Waals surface area contributed by atoms with E-state index in [0.29, 0.717) is 36.9 Å². The maximum absolute atomic E-state index is 13.4. The minimum atomic E-state index is -0.000156. The Kier molecular flexibility index (Phi) is 5.61. The van der Waals surface area contributed by atoms with E-state index in [1.165, 1.54) is 0 Å². The molecule has 1 aromatic carbocycles. The van der Waals surface area contributed by atoms with Crippen LogP contribution in [0.2, 0.25) is 5.02 Å². The molecule has 2 fully saturated rings. The van der Waals surface area contributed by atoms with Gasteiger partial charge in [0.1, 0.15) is 5.82 Å². The molecule has 3 aromatic rings. The topological polar surface area (TPSA) is 61.8 Å². The van der Waals surface area contributed by atoms with Gasteiger partial charge in [0, 0.05) is 62.1 Å². The summed E-state index contributed by atoms with van der Waals surface area (Å²) in [4.78, 5) is 28.9. The summed E-state index contributed by atoms with van der Waals surface area (Å²) in [6.07, 6.45) is 3.54. The summed E-state index contributed by atoms with van der Waals surface area (Å²) in [7, 11) is 0. The summed E-state index contributed by atoms with van der Waals surface area (Å²) in [6, 6.07) is 11.6. The number of nitrogens with zero attached hydrogens (tertiary/aromatic N) is 5. The van der Waals surface area contributed by atoms with Crippen molar-refractivity contribution in [2.24, 2.45) is 0 Å². The number of ether oxygens (including phenoxy) is 1. The number of hydrogen-bond donors (Lipinski definition) is 0. The van der Waals surface area contributed by atoms with Crippen LogP contribution in [-0.4, -0.2) is 73.3 Å². The van der Waals surface area contributed by atoms with E-state index in [4.69, 9.17) is 16.3 Å². The molecule has 2 saturated heterocycles. The molecule has 0 N–H and O–H groups in total. The van der Waals surface area contributed by atoms with E-state index < -0.39 is 0 Å². The standard InChI is InChI=1S/C23H24ClN5O2/c24-17-4-5-20-18(15-17)22(19(16-26-20)23(30)29-11-13-31-14-12-29)28-9-7-27(8-10-28)21-3-1-2-6-25-21/h1-6,15-16H,7-14H2. The molecule has 0 radical (unpaired) electrons. The Labute approximate surface area is 186 Å². The van der Waals surface area contributed by atoms with E-state index in [1.54, 1.807) is 6.20 Å². The lowest BCUT2D eigenvalue weighted by Gasteiger charge is -2.38. The third-order valence-corrected chi connectivity index (χ3v) is 6.13. The Morgan fingerprint density at radius 2 is 1.71 bits per heavy atom. The number of rotatable bonds is 3. The highest BCUT2D eigenvalue weighted by Gasteiger charge is 2.28. The van der Waals surface area contributed by atoms with Gasteiger partial charge in [-0.2, -0.15) is 0 Å².